The summed E-state index contributed by atoms with van der Waals surface area (Å²) in [5.74, 6) is -0.639. The summed E-state index contributed by atoms with van der Waals surface area (Å²) in [5.41, 5.74) is 1.94. The van der Waals surface area contributed by atoms with Crippen molar-refractivity contribution in [2.45, 2.75) is 23.9 Å². The molecule has 2 aromatic carbocycles. The number of nitrogens with one attached hydrogen (secondary N) is 1. The van der Waals surface area contributed by atoms with Gasteiger partial charge < -0.3 is 5.32 Å². The molecule has 0 atom stereocenters. The van der Waals surface area contributed by atoms with Gasteiger partial charge in [-0.05, 0) is 73.6 Å². The summed E-state index contributed by atoms with van der Waals surface area (Å²) in [6.45, 7) is 3.64. The highest BCUT2D eigenvalue weighted by Crippen LogP contribution is 2.34. The summed E-state index contributed by atoms with van der Waals surface area (Å²) >= 11 is 6.90. The lowest BCUT2D eigenvalue weighted by molar-refractivity contribution is -0.387. The van der Waals surface area contributed by atoms with Gasteiger partial charge in [-0.15, -0.1) is 0 Å². The van der Waals surface area contributed by atoms with Gasteiger partial charge in [-0.25, -0.2) is 9.97 Å². The van der Waals surface area contributed by atoms with E-state index in [0.29, 0.717) is 26.3 Å². The van der Waals surface area contributed by atoms with E-state index in [1.807, 2.05) is 26.0 Å². The topological polar surface area (TPSA) is 122 Å². The van der Waals surface area contributed by atoms with Crippen LogP contribution in [0, 0.1) is 35.3 Å². The molecule has 1 amide bonds. The first kappa shape index (κ1) is 22.9. The number of nitriles is 1. The Labute approximate surface area is 193 Å². The van der Waals surface area contributed by atoms with Crippen LogP contribution in [0.2, 0.25) is 5.02 Å². The standard InChI is InChI=1S/C22H16ClN5O3S/c1-13-9-14(2)26-22(25-13)32-20-8-3-15(11-19(20)28(30)31)10-16(12-24)21(29)27-18-6-4-17(23)5-7-18/h3-11H,1-2H3,(H,27,29)/b16-10+. The molecule has 3 aromatic rings. The van der Waals surface area contributed by atoms with E-state index >= 15 is 0 Å². The average molecular weight is 466 g/mol. The van der Waals surface area contributed by atoms with Crippen molar-refractivity contribution in [1.29, 1.82) is 5.26 Å². The second kappa shape index (κ2) is 10.0. The Balaban J connectivity index is 1.88. The number of hydrogen-bond acceptors (Lipinski definition) is 7. The summed E-state index contributed by atoms with van der Waals surface area (Å²) in [7, 11) is 0. The lowest BCUT2D eigenvalue weighted by atomic mass is 10.1. The highest BCUT2D eigenvalue weighted by Gasteiger charge is 2.18. The number of nitro groups is 1. The zero-order valence-corrected chi connectivity index (χ0v) is 18.6. The molecule has 160 valence electrons. The predicted octanol–water partition coefficient (Wildman–Crippen LogP) is 5.35. The minimum Gasteiger partial charge on any atom is -0.321 e. The number of nitrogens with zero attached hydrogens (tertiary/aromatic N) is 4. The van der Waals surface area contributed by atoms with Gasteiger partial charge in [0.25, 0.3) is 11.6 Å². The van der Waals surface area contributed by atoms with Gasteiger partial charge in [0.2, 0.25) is 0 Å². The Hall–Kier alpha value is -3.74. The summed E-state index contributed by atoms with van der Waals surface area (Å²) in [6.07, 6.45) is 1.29. The van der Waals surface area contributed by atoms with Gasteiger partial charge >= 0.3 is 0 Å². The molecule has 0 radical (unpaired) electrons. The number of rotatable bonds is 6. The van der Waals surface area contributed by atoms with Gasteiger partial charge in [0.1, 0.15) is 11.6 Å². The third kappa shape index (κ3) is 5.91. The third-order valence-corrected chi connectivity index (χ3v) is 5.30. The summed E-state index contributed by atoms with van der Waals surface area (Å²) in [5, 5.41) is 24.5. The smallest absolute Gasteiger partial charge is 0.283 e. The van der Waals surface area contributed by atoms with Crippen molar-refractivity contribution in [3.63, 3.8) is 0 Å². The quantitative estimate of drug-likeness (QED) is 0.171. The number of halogens is 1. The van der Waals surface area contributed by atoms with Crippen molar-refractivity contribution in [1.82, 2.24) is 9.97 Å². The van der Waals surface area contributed by atoms with E-state index in [-0.39, 0.29) is 11.3 Å². The summed E-state index contributed by atoms with van der Waals surface area (Å²) in [6, 6.07) is 14.5. The number of anilines is 1. The lowest BCUT2D eigenvalue weighted by Crippen LogP contribution is -2.13. The van der Waals surface area contributed by atoms with Gasteiger partial charge in [-0.1, -0.05) is 17.7 Å². The van der Waals surface area contributed by atoms with Crippen molar-refractivity contribution in [2.75, 3.05) is 5.32 Å². The minimum atomic E-state index is -0.639. The zero-order valence-electron chi connectivity index (χ0n) is 17.0. The van der Waals surface area contributed by atoms with Crippen LogP contribution in [0.4, 0.5) is 11.4 Å². The van der Waals surface area contributed by atoms with E-state index < -0.39 is 10.8 Å². The fourth-order valence-corrected chi connectivity index (χ4v) is 3.81. The molecular formula is C22H16ClN5O3S. The summed E-state index contributed by atoms with van der Waals surface area (Å²) < 4.78 is 0. The number of aromatic nitrogens is 2. The van der Waals surface area contributed by atoms with Crippen LogP contribution in [-0.2, 0) is 4.79 Å². The molecule has 1 N–H and O–H groups in total. The first-order chi connectivity index (χ1) is 15.2. The van der Waals surface area contributed by atoms with Gasteiger partial charge in [0.05, 0.1) is 9.82 Å². The Morgan fingerprint density at radius 2 is 1.81 bits per heavy atom. The maximum atomic E-state index is 12.4. The Morgan fingerprint density at radius 1 is 1.16 bits per heavy atom. The van der Waals surface area contributed by atoms with Gasteiger partial charge in [0.15, 0.2) is 5.16 Å². The maximum Gasteiger partial charge on any atom is 0.283 e. The number of aryl methyl sites for hydroxylation is 2. The molecule has 0 fully saturated rings. The molecule has 0 aliphatic heterocycles. The molecule has 0 spiro atoms. The van der Waals surface area contributed by atoms with E-state index in [1.54, 1.807) is 36.4 Å². The van der Waals surface area contributed by atoms with Crippen LogP contribution in [0.5, 0.6) is 0 Å². The minimum absolute atomic E-state index is 0.179. The highest BCUT2D eigenvalue weighted by molar-refractivity contribution is 7.99. The van der Waals surface area contributed by atoms with Gasteiger partial charge in [-0.3, -0.25) is 14.9 Å². The Morgan fingerprint density at radius 3 is 2.41 bits per heavy atom. The largest absolute Gasteiger partial charge is 0.321 e. The van der Waals surface area contributed by atoms with Crippen LogP contribution in [0.3, 0.4) is 0 Å². The molecule has 1 heterocycles. The average Bonchev–Trinajstić information content (AvgIpc) is 2.73. The van der Waals surface area contributed by atoms with Crippen LogP contribution >= 0.6 is 23.4 Å². The van der Waals surface area contributed by atoms with E-state index in [9.17, 15) is 20.2 Å². The molecule has 0 saturated carbocycles. The number of nitro benzene ring substituents is 1. The van der Waals surface area contributed by atoms with E-state index in [2.05, 4.69) is 15.3 Å². The third-order valence-electron chi connectivity index (χ3n) is 4.12. The van der Waals surface area contributed by atoms with Crippen LogP contribution in [0.1, 0.15) is 17.0 Å². The van der Waals surface area contributed by atoms with E-state index in [4.69, 9.17) is 11.6 Å². The zero-order chi connectivity index (χ0) is 23.3. The maximum absolute atomic E-state index is 12.4. The molecule has 0 bridgehead atoms. The SMILES string of the molecule is Cc1cc(C)nc(Sc2ccc(/C=C(\C#N)C(=O)Nc3ccc(Cl)cc3)cc2[N+](=O)[O-])n1. The normalized spacial score (nSPS) is 11.0. The number of benzene rings is 2. The van der Waals surface area contributed by atoms with Gasteiger partial charge in [0, 0.05) is 28.2 Å². The van der Waals surface area contributed by atoms with Crippen LogP contribution < -0.4 is 5.32 Å². The fraction of sp³-hybridized carbons (Fsp3) is 0.0909. The van der Waals surface area contributed by atoms with Crippen molar-refractivity contribution in [2.24, 2.45) is 0 Å². The van der Waals surface area contributed by atoms with Gasteiger partial charge in [-0.2, -0.15) is 5.26 Å². The molecule has 0 unspecified atom stereocenters. The van der Waals surface area contributed by atoms with Crippen molar-refractivity contribution < 1.29 is 9.72 Å². The molecular weight excluding hydrogens is 450 g/mol. The first-order valence-corrected chi connectivity index (χ1v) is 10.4. The Kier molecular flexibility index (Phi) is 7.20. The molecule has 0 aliphatic rings. The molecule has 32 heavy (non-hydrogen) atoms. The van der Waals surface area contributed by atoms with Crippen molar-refractivity contribution >= 4 is 46.7 Å². The highest BCUT2D eigenvalue weighted by atomic mass is 35.5. The van der Waals surface area contributed by atoms with E-state index in [1.165, 1.54) is 12.1 Å². The van der Waals surface area contributed by atoms with Crippen LogP contribution in [0.15, 0.2) is 64.2 Å². The van der Waals surface area contributed by atoms with E-state index in [0.717, 1.165) is 23.1 Å². The number of carbonyl (C=O) groups excluding carboxylic acids is 1. The second-order valence-electron chi connectivity index (χ2n) is 6.65. The number of carbonyl (C=O) groups is 1. The predicted molar refractivity (Wildman–Crippen MR) is 122 cm³/mol. The number of amides is 1. The van der Waals surface area contributed by atoms with Crippen LogP contribution in [0.25, 0.3) is 6.08 Å². The van der Waals surface area contributed by atoms with Crippen molar-refractivity contribution in [3.05, 3.63) is 86.2 Å². The molecule has 0 aliphatic carbocycles. The van der Waals surface area contributed by atoms with Crippen molar-refractivity contribution in [3.8, 4) is 6.07 Å². The molecule has 10 heteroatoms. The fourth-order valence-electron chi connectivity index (χ4n) is 2.74. The second-order valence-corrected chi connectivity index (χ2v) is 8.10. The first-order valence-electron chi connectivity index (χ1n) is 9.22. The Bertz CT molecular complexity index is 1250. The summed E-state index contributed by atoms with van der Waals surface area (Å²) in [4.78, 5) is 32.5. The molecule has 1 aromatic heterocycles. The molecule has 3 rings (SSSR count). The lowest BCUT2D eigenvalue weighted by Gasteiger charge is -2.06. The number of hydrogen-bond donors (Lipinski definition) is 1. The molecule has 8 nitrogen and oxygen atoms in total. The molecule has 0 saturated heterocycles. The van der Waals surface area contributed by atoms with Crippen LogP contribution in [-0.4, -0.2) is 20.8 Å². The monoisotopic (exact) mass is 465 g/mol.